The van der Waals surface area contributed by atoms with Gasteiger partial charge in [-0.3, -0.25) is 0 Å². The zero-order chi connectivity index (χ0) is 13.3. The Morgan fingerprint density at radius 1 is 1.50 bits per heavy atom. The fourth-order valence-electron chi connectivity index (χ4n) is 2.03. The van der Waals surface area contributed by atoms with Gasteiger partial charge in [-0.25, -0.2) is 0 Å². The molecule has 2 N–H and O–H groups in total. The predicted molar refractivity (Wildman–Crippen MR) is 57.0 cm³/mol. The van der Waals surface area contributed by atoms with Crippen LogP contribution in [0.2, 0.25) is 0 Å². The van der Waals surface area contributed by atoms with Gasteiger partial charge in [-0.1, -0.05) is 5.16 Å². The highest BCUT2D eigenvalue weighted by molar-refractivity contribution is 5.14. The minimum absolute atomic E-state index is 0.0166. The second-order valence-electron chi connectivity index (χ2n) is 4.68. The van der Waals surface area contributed by atoms with Gasteiger partial charge in [0, 0.05) is 24.6 Å². The summed E-state index contributed by atoms with van der Waals surface area (Å²) >= 11 is 0. The molecule has 2 rings (SSSR count). The van der Waals surface area contributed by atoms with Crippen LogP contribution in [0, 0.1) is 0 Å². The summed E-state index contributed by atoms with van der Waals surface area (Å²) in [5.74, 6) is 0.413. The Morgan fingerprint density at radius 3 is 2.78 bits per heavy atom. The first kappa shape index (κ1) is 13.4. The maximum Gasteiger partial charge on any atom is 0.420 e. The molecular formula is C11H15F3N2O2. The molecule has 18 heavy (non-hydrogen) atoms. The van der Waals surface area contributed by atoms with Gasteiger partial charge in [-0.05, 0) is 19.8 Å². The van der Waals surface area contributed by atoms with Crippen molar-refractivity contribution in [1.29, 1.82) is 0 Å². The van der Waals surface area contributed by atoms with Crippen LogP contribution in [0.3, 0.4) is 0 Å². The summed E-state index contributed by atoms with van der Waals surface area (Å²) in [5.41, 5.74) is -0.476. The van der Waals surface area contributed by atoms with Gasteiger partial charge >= 0.3 is 6.18 Å². The highest BCUT2D eigenvalue weighted by Crippen LogP contribution is 2.34. The molecule has 1 aromatic heterocycles. The molecule has 1 aromatic rings. The fourth-order valence-corrected chi connectivity index (χ4v) is 2.03. The Labute approximate surface area is 102 Å². The van der Waals surface area contributed by atoms with Crippen LogP contribution in [0.4, 0.5) is 13.2 Å². The molecule has 1 saturated heterocycles. The van der Waals surface area contributed by atoms with Gasteiger partial charge in [-0.2, -0.15) is 13.2 Å². The van der Waals surface area contributed by atoms with Gasteiger partial charge in [0.25, 0.3) is 0 Å². The topological polar surface area (TPSA) is 58.3 Å². The van der Waals surface area contributed by atoms with E-state index in [-0.39, 0.29) is 5.92 Å². The van der Waals surface area contributed by atoms with Gasteiger partial charge in [0.1, 0.15) is 11.5 Å². The number of nitrogens with zero attached hydrogens (tertiary/aromatic N) is 1. The van der Waals surface area contributed by atoms with E-state index in [1.807, 2.05) is 0 Å². The number of nitrogens with one attached hydrogen (secondary N) is 1. The molecule has 1 fully saturated rings. The third-order valence-corrected chi connectivity index (χ3v) is 3.20. The van der Waals surface area contributed by atoms with Crippen molar-refractivity contribution in [3.05, 3.63) is 17.5 Å². The first-order chi connectivity index (χ1) is 8.38. The molecule has 0 radical (unpaired) electrons. The van der Waals surface area contributed by atoms with E-state index < -0.39 is 18.0 Å². The van der Waals surface area contributed by atoms with Crippen LogP contribution in [0.25, 0.3) is 0 Å². The maximum absolute atomic E-state index is 12.3. The largest absolute Gasteiger partial charge is 0.420 e. The lowest BCUT2D eigenvalue weighted by molar-refractivity contribution is -0.208. The normalized spacial score (nSPS) is 27.2. The molecule has 0 aromatic carbocycles. The Morgan fingerprint density at radius 2 is 2.22 bits per heavy atom. The van der Waals surface area contributed by atoms with Crippen LogP contribution in [0.15, 0.2) is 10.6 Å². The van der Waals surface area contributed by atoms with Crippen molar-refractivity contribution in [1.82, 2.24) is 10.5 Å². The summed E-state index contributed by atoms with van der Waals surface area (Å²) in [7, 11) is 0. The van der Waals surface area contributed by atoms with Crippen molar-refractivity contribution >= 4 is 0 Å². The van der Waals surface area contributed by atoms with E-state index in [9.17, 15) is 13.2 Å². The summed E-state index contributed by atoms with van der Waals surface area (Å²) in [6, 6.07) is 1.60. The van der Waals surface area contributed by atoms with Gasteiger partial charge in [0.05, 0.1) is 0 Å². The van der Waals surface area contributed by atoms with Crippen LogP contribution in [-0.4, -0.2) is 29.0 Å². The number of aliphatic hydroxyl groups excluding tert-OH is 1. The second kappa shape index (κ2) is 4.89. The molecule has 0 saturated carbocycles. The van der Waals surface area contributed by atoms with Gasteiger partial charge in [0.2, 0.25) is 0 Å². The van der Waals surface area contributed by atoms with Crippen molar-refractivity contribution in [3.63, 3.8) is 0 Å². The molecule has 2 heterocycles. The molecule has 2 unspecified atom stereocenters. The monoisotopic (exact) mass is 264 g/mol. The standard InChI is InChI=1S/C11H15F3N2O2/c1-6-2-3-7(5-15-6)9-4-8(16-18-9)10(17)11(12,13)14/h4,6-7,10,15,17H,2-3,5H2,1H3/t6-,7?,10?/m1/s1. The molecule has 1 aliphatic heterocycles. The lowest BCUT2D eigenvalue weighted by atomic mass is 9.93. The Balaban J connectivity index is 2.06. The summed E-state index contributed by atoms with van der Waals surface area (Å²) < 4.78 is 41.8. The summed E-state index contributed by atoms with van der Waals surface area (Å²) in [6.07, 6.45) is -5.52. The molecule has 7 heteroatoms. The van der Waals surface area contributed by atoms with Crippen LogP contribution in [0.5, 0.6) is 0 Å². The van der Waals surface area contributed by atoms with Gasteiger partial charge in [-0.15, -0.1) is 0 Å². The lowest BCUT2D eigenvalue weighted by Gasteiger charge is -2.25. The molecular weight excluding hydrogens is 249 g/mol. The zero-order valence-corrected chi connectivity index (χ0v) is 9.87. The van der Waals surface area contributed by atoms with Crippen molar-refractivity contribution < 1.29 is 22.8 Å². The van der Waals surface area contributed by atoms with Crippen LogP contribution < -0.4 is 5.32 Å². The zero-order valence-electron chi connectivity index (χ0n) is 9.87. The third-order valence-electron chi connectivity index (χ3n) is 3.20. The quantitative estimate of drug-likeness (QED) is 0.859. The smallest absolute Gasteiger partial charge is 0.378 e. The van der Waals surface area contributed by atoms with Crippen LogP contribution in [-0.2, 0) is 0 Å². The molecule has 3 atom stereocenters. The van der Waals surface area contributed by atoms with Crippen LogP contribution >= 0.6 is 0 Å². The fraction of sp³-hybridized carbons (Fsp3) is 0.727. The molecule has 0 bridgehead atoms. The first-order valence-electron chi connectivity index (χ1n) is 5.82. The minimum Gasteiger partial charge on any atom is -0.378 e. The second-order valence-corrected chi connectivity index (χ2v) is 4.68. The highest BCUT2D eigenvalue weighted by atomic mass is 19.4. The van der Waals surface area contributed by atoms with E-state index >= 15 is 0 Å². The predicted octanol–water partition coefficient (Wildman–Crippen LogP) is 2.13. The summed E-state index contributed by atoms with van der Waals surface area (Å²) in [5, 5.41) is 15.6. The first-order valence-corrected chi connectivity index (χ1v) is 5.82. The number of aromatic nitrogens is 1. The average Bonchev–Trinajstić information content (AvgIpc) is 2.77. The minimum atomic E-state index is -4.71. The molecule has 1 aliphatic rings. The number of hydrogen-bond donors (Lipinski definition) is 2. The van der Waals surface area contributed by atoms with E-state index in [1.165, 1.54) is 6.07 Å². The number of halogens is 3. The molecule has 4 nitrogen and oxygen atoms in total. The molecule has 0 aliphatic carbocycles. The Hall–Kier alpha value is -1.08. The Kier molecular flexibility index (Phi) is 3.63. The summed E-state index contributed by atoms with van der Waals surface area (Å²) in [6.45, 7) is 2.70. The number of aliphatic hydroxyl groups is 1. The number of hydrogen-bond acceptors (Lipinski definition) is 4. The number of piperidine rings is 1. The van der Waals surface area contributed by atoms with E-state index in [2.05, 4.69) is 17.4 Å². The van der Waals surface area contributed by atoms with Crippen molar-refractivity contribution in [2.24, 2.45) is 0 Å². The lowest BCUT2D eigenvalue weighted by Crippen LogP contribution is -2.35. The molecule has 0 spiro atoms. The summed E-state index contributed by atoms with van der Waals surface area (Å²) in [4.78, 5) is 0. The number of alkyl halides is 3. The SMILES string of the molecule is C[C@@H]1CCC(c2cc(C(O)C(F)(F)F)no2)CN1. The average molecular weight is 264 g/mol. The molecule has 102 valence electrons. The highest BCUT2D eigenvalue weighted by Gasteiger charge is 2.41. The van der Waals surface area contributed by atoms with Crippen LogP contribution in [0.1, 0.15) is 43.2 Å². The van der Waals surface area contributed by atoms with Crippen molar-refractivity contribution in [2.75, 3.05) is 6.54 Å². The van der Waals surface area contributed by atoms with E-state index in [0.717, 1.165) is 12.8 Å². The van der Waals surface area contributed by atoms with E-state index in [0.29, 0.717) is 18.3 Å². The van der Waals surface area contributed by atoms with Crippen molar-refractivity contribution in [3.8, 4) is 0 Å². The Bertz CT molecular complexity index is 397. The van der Waals surface area contributed by atoms with E-state index in [4.69, 9.17) is 9.63 Å². The van der Waals surface area contributed by atoms with Gasteiger partial charge in [0.15, 0.2) is 6.10 Å². The van der Waals surface area contributed by atoms with Crippen molar-refractivity contribution in [2.45, 2.75) is 44.0 Å². The van der Waals surface area contributed by atoms with E-state index in [1.54, 1.807) is 0 Å². The third kappa shape index (κ3) is 2.84. The number of rotatable bonds is 2. The van der Waals surface area contributed by atoms with Gasteiger partial charge < -0.3 is 14.9 Å². The molecule has 0 amide bonds. The maximum atomic E-state index is 12.3.